The van der Waals surface area contributed by atoms with Gasteiger partial charge in [-0.1, -0.05) is 12.1 Å². The van der Waals surface area contributed by atoms with Crippen molar-refractivity contribution in [3.63, 3.8) is 0 Å². The molecular formula is C15H18FNS. The Hall–Kier alpha value is -1.19. The lowest BCUT2D eigenvalue weighted by Crippen LogP contribution is -2.18. The molecule has 0 aliphatic heterocycles. The molecule has 0 aliphatic rings. The summed E-state index contributed by atoms with van der Waals surface area (Å²) in [5.41, 5.74) is 2.47. The van der Waals surface area contributed by atoms with E-state index < -0.39 is 0 Å². The van der Waals surface area contributed by atoms with Crippen LogP contribution in [0.15, 0.2) is 30.3 Å². The predicted octanol–water partition coefficient (Wildman–Crippen LogP) is 4.35. The van der Waals surface area contributed by atoms with E-state index in [0.717, 1.165) is 12.1 Å². The molecule has 3 heteroatoms. The molecule has 0 fully saturated rings. The first kappa shape index (κ1) is 13.2. The van der Waals surface area contributed by atoms with Crippen LogP contribution in [0.3, 0.4) is 0 Å². The van der Waals surface area contributed by atoms with Gasteiger partial charge >= 0.3 is 0 Å². The minimum absolute atomic E-state index is 0.184. The molecule has 2 rings (SSSR count). The second-order valence-corrected chi connectivity index (χ2v) is 6.06. The zero-order valence-corrected chi connectivity index (χ0v) is 11.8. The second kappa shape index (κ2) is 5.63. The highest BCUT2D eigenvalue weighted by atomic mass is 32.1. The van der Waals surface area contributed by atoms with E-state index in [-0.39, 0.29) is 5.82 Å². The van der Waals surface area contributed by atoms with E-state index in [0.29, 0.717) is 6.04 Å². The molecule has 2 aromatic rings. The Bertz CT molecular complexity index is 516. The number of rotatable bonds is 4. The molecule has 1 heterocycles. The van der Waals surface area contributed by atoms with Crippen LogP contribution < -0.4 is 5.32 Å². The summed E-state index contributed by atoms with van der Waals surface area (Å²) in [5.74, 6) is -0.184. The van der Waals surface area contributed by atoms with Gasteiger partial charge in [-0.2, -0.15) is 0 Å². The Labute approximate surface area is 112 Å². The average Bonchev–Trinajstić information content (AvgIpc) is 2.67. The normalized spacial score (nSPS) is 12.7. The van der Waals surface area contributed by atoms with Crippen LogP contribution in [0, 0.1) is 19.7 Å². The van der Waals surface area contributed by atoms with Crippen molar-refractivity contribution in [3.05, 3.63) is 57.0 Å². The van der Waals surface area contributed by atoms with Gasteiger partial charge in [0.05, 0.1) is 0 Å². The molecule has 96 valence electrons. The number of hydrogen-bond donors (Lipinski definition) is 1. The van der Waals surface area contributed by atoms with E-state index in [1.54, 1.807) is 0 Å². The van der Waals surface area contributed by atoms with Crippen LogP contribution in [0.4, 0.5) is 4.39 Å². The molecule has 1 aromatic heterocycles. The molecule has 0 amide bonds. The van der Waals surface area contributed by atoms with Crippen molar-refractivity contribution < 1.29 is 4.39 Å². The number of aryl methyl sites for hydroxylation is 2. The van der Waals surface area contributed by atoms with Gasteiger partial charge in [-0.3, -0.25) is 0 Å². The van der Waals surface area contributed by atoms with E-state index in [4.69, 9.17) is 0 Å². The summed E-state index contributed by atoms with van der Waals surface area (Å²) in [5, 5.41) is 3.47. The van der Waals surface area contributed by atoms with Gasteiger partial charge in [-0.15, -0.1) is 11.3 Å². The molecule has 1 atom stereocenters. The molecule has 0 saturated heterocycles. The number of halogens is 1. The van der Waals surface area contributed by atoms with Crippen LogP contribution in [0.5, 0.6) is 0 Å². The summed E-state index contributed by atoms with van der Waals surface area (Å²) in [4.78, 5) is 2.71. The van der Waals surface area contributed by atoms with Gasteiger partial charge in [0.25, 0.3) is 0 Å². The number of hydrogen-bond acceptors (Lipinski definition) is 2. The first-order valence-corrected chi connectivity index (χ1v) is 6.92. The van der Waals surface area contributed by atoms with Gasteiger partial charge < -0.3 is 5.32 Å². The lowest BCUT2D eigenvalue weighted by molar-refractivity contribution is 0.572. The Morgan fingerprint density at radius 2 is 1.89 bits per heavy atom. The van der Waals surface area contributed by atoms with E-state index in [1.807, 2.05) is 23.5 Å². The number of benzene rings is 1. The van der Waals surface area contributed by atoms with Crippen molar-refractivity contribution in [2.75, 3.05) is 0 Å². The fourth-order valence-electron chi connectivity index (χ4n) is 2.06. The maximum absolute atomic E-state index is 12.8. The van der Waals surface area contributed by atoms with E-state index >= 15 is 0 Å². The first-order valence-electron chi connectivity index (χ1n) is 6.11. The van der Waals surface area contributed by atoms with Gasteiger partial charge in [0, 0.05) is 22.3 Å². The maximum atomic E-state index is 12.8. The van der Waals surface area contributed by atoms with Crippen molar-refractivity contribution >= 4 is 11.3 Å². The largest absolute Gasteiger partial charge is 0.306 e. The summed E-state index contributed by atoms with van der Waals surface area (Å²) in [6, 6.07) is 9.20. The molecule has 1 unspecified atom stereocenters. The fourth-order valence-corrected chi connectivity index (χ4v) is 3.09. The topological polar surface area (TPSA) is 12.0 Å². The molecule has 0 saturated carbocycles. The Kier molecular flexibility index (Phi) is 4.15. The van der Waals surface area contributed by atoms with Gasteiger partial charge in [0.1, 0.15) is 5.82 Å². The van der Waals surface area contributed by atoms with Crippen molar-refractivity contribution in [1.82, 2.24) is 5.32 Å². The SMILES string of the molecule is Cc1cc(C(C)NCc2ccc(F)cc2)c(C)s1. The van der Waals surface area contributed by atoms with Crippen molar-refractivity contribution in [2.45, 2.75) is 33.4 Å². The summed E-state index contributed by atoms with van der Waals surface area (Å²) in [6.45, 7) is 7.21. The molecule has 0 radical (unpaired) electrons. The molecule has 0 bridgehead atoms. The third-order valence-corrected chi connectivity index (χ3v) is 4.05. The van der Waals surface area contributed by atoms with E-state index in [1.165, 1.54) is 27.5 Å². The first-order chi connectivity index (χ1) is 8.56. The monoisotopic (exact) mass is 263 g/mol. The van der Waals surface area contributed by atoms with Crippen molar-refractivity contribution in [2.24, 2.45) is 0 Å². The number of thiophene rings is 1. The third-order valence-electron chi connectivity index (χ3n) is 3.07. The van der Waals surface area contributed by atoms with Crippen LogP contribution >= 0.6 is 11.3 Å². The summed E-state index contributed by atoms with van der Waals surface area (Å²) in [7, 11) is 0. The van der Waals surface area contributed by atoms with Gasteiger partial charge in [0.2, 0.25) is 0 Å². The zero-order valence-electron chi connectivity index (χ0n) is 11.0. The molecule has 1 N–H and O–H groups in total. The molecule has 1 nitrogen and oxygen atoms in total. The second-order valence-electron chi connectivity index (χ2n) is 4.60. The van der Waals surface area contributed by atoms with E-state index in [2.05, 4.69) is 32.2 Å². The summed E-state index contributed by atoms with van der Waals surface area (Å²) >= 11 is 1.83. The molecule has 0 aliphatic carbocycles. The van der Waals surface area contributed by atoms with Crippen molar-refractivity contribution in [1.29, 1.82) is 0 Å². The number of nitrogens with one attached hydrogen (secondary N) is 1. The van der Waals surface area contributed by atoms with Crippen LogP contribution in [0.1, 0.15) is 33.8 Å². The maximum Gasteiger partial charge on any atom is 0.123 e. The minimum atomic E-state index is -0.184. The third kappa shape index (κ3) is 3.18. The van der Waals surface area contributed by atoms with Crippen LogP contribution in [0.2, 0.25) is 0 Å². The molecule has 1 aromatic carbocycles. The van der Waals surface area contributed by atoms with Crippen LogP contribution in [-0.4, -0.2) is 0 Å². The van der Waals surface area contributed by atoms with Gasteiger partial charge in [0.15, 0.2) is 0 Å². The lowest BCUT2D eigenvalue weighted by Gasteiger charge is -2.14. The highest BCUT2D eigenvalue weighted by molar-refractivity contribution is 7.12. The Morgan fingerprint density at radius 1 is 1.22 bits per heavy atom. The smallest absolute Gasteiger partial charge is 0.123 e. The minimum Gasteiger partial charge on any atom is -0.306 e. The summed E-state index contributed by atoms with van der Waals surface area (Å²) < 4.78 is 12.8. The molecular weight excluding hydrogens is 245 g/mol. The highest BCUT2D eigenvalue weighted by Crippen LogP contribution is 2.26. The van der Waals surface area contributed by atoms with Crippen LogP contribution in [0.25, 0.3) is 0 Å². The highest BCUT2D eigenvalue weighted by Gasteiger charge is 2.10. The molecule has 0 spiro atoms. The van der Waals surface area contributed by atoms with Crippen LogP contribution in [-0.2, 0) is 6.54 Å². The zero-order chi connectivity index (χ0) is 13.1. The quantitative estimate of drug-likeness (QED) is 0.864. The fraction of sp³-hybridized carbons (Fsp3) is 0.333. The Balaban J connectivity index is 1.98. The lowest BCUT2D eigenvalue weighted by atomic mass is 10.1. The van der Waals surface area contributed by atoms with Gasteiger partial charge in [-0.05, 0) is 50.1 Å². The van der Waals surface area contributed by atoms with E-state index in [9.17, 15) is 4.39 Å². The van der Waals surface area contributed by atoms with Crippen molar-refractivity contribution in [3.8, 4) is 0 Å². The molecule has 18 heavy (non-hydrogen) atoms. The van der Waals surface area contributed by atoms with Gasteiger partial charge in [-0.25, -0.2) is 4.39 Å². The Morgan fingerprint density at radius 3 is 2.44 bits per heavy atom. The standard InChI is InChI=1S/C15H18FNS/c1-10-8-15(12(3)18-10)11(2)17-9-13-4-6-14(16)7-5-13/h4-8,11,17H,9H2,1-3H3. The average molecular weight is 263 g/mol. The predicted molar refractivity (Wildman–Crippen MR) is 75.4 cm³/mol. The summed E-state index contributed by atoms with van der Waals surface area (Å²) in [6.07, 6.45) is 0.